The first-order valence-electron chi connectivity index (χ1n) is 8.42. The van der Waals surface area contributed by atoms with E-state index in [1.807, 2.05) is 37.3 Å². The summed E-state index contributed by atoms with van der Waals surface area (Å²) in [6.45, 7) is 4.64. The summed E-state index contributed by atoms with van der Waals surface area (Å²) in [5, 5.41) is 9.82. The lowest BCUT2D eigenvalue weighted by Gasteiger charge is -2.17. The van der Waals surface area contributed by atoms with Crippen LogP contribution in [0.3, 0.4) is 0 Å². The van der Waals surface area contributed by atoms with Gasteiger partial charge in [0.1, 0.15) is 11.9 Å². The molecule has 2 N–H and O–H groups in total. The fourth-order valence-corrected chi connectivity index (χ4v) is 2.94. The zero-order valence-corrected chi connectivity index (χ0v) is 14.1. The molecule has 0 saturated heterocycles. The highest BCUT2D eigenvalue weighted by Crippen LogP contribution is 2.22. The van der Waals surface area contributed by atoms with E-state index in [2.05, 4.69) is 27.0 Å². The minimum absolute atomic E-state index is 0.00928. The summed E-state index contributed by atoms with van der Waals surface area (Å²) in [4.78, 5) is 17.3. The summed E-state index contributed by atoms with van der Waals surface area (Å²) in [5.74, 6) is 0.977. The number of carbonyl (C=O) groups is 1. The molecule has 3 aromatic rings. The summed E-state index contributed by atoms with van der Waals surface area (Å²) < 4.78 is 2.06. The molecule has 6 nitrogen and oxygen atoms in total. The molecule has 0 fully saturated rings. The van der Waals surface area contributed by atoms with Gasteiger partial charge in [-0.15, -0.1) is 0 Å². The van der Waals surface area contributed by atoms with E-state index >= 15 is 0 Å². The van der Waals surface area contributed by atoms with Crippen molar-refractivity contribution in [2.45, 2.75) is 39.2 Å². The van der Waals surface area contributed by atoms with Crippen LogP contribution in [0.2, 0.25) is 0 Å². The number of imidazole rings is 1. The van der Waals surface area contributed by atoms with Crippen molar-refractivity contribution in [1.82, 2.24) is 25.1 Å². The van der Waals surface area contributed by atoms with Crippen LogP contribution in [0.15, 0.2) is 36.5 Å². The van der Waals surface area contributed by atoms with Gasteiger partial charge in [-0.1, -0.05) is 19.1 Å². The molecule has 0 radical (unpaired) electrons. The molecule has 0 spiro atoms. The molecule has 2 aromatic heterocycles. The van der Waals surface area contributed by atoms with Crippen molar-refractivity contribution in [1.29, 1.82) is 0 Å². The number of H-pyrrole nitrogens is 1. The summed E-state index contributed by atoms with van der Waals surface area (Å²) >= 11 is 0. The monoisotopic (exact) mass is 325 g/mol. The minimum Gasteiger partial charge on any atom is -0.354 e. The first-order chi connectivity index (χ1) is 11.7. The van der Waals surface area contributed by atoms with E-state index in [1.54, 1.807) is 6.20 Å². The van der Waals surface area contributed by atoms with Crippen LogP contribution in [-0.4, -0.2) is 32.2 Å². The van der Waals surface area contributed by atoms with Crippen molar-refractivity contribution in [2.24, 2.45) is 0 Å². The van der Waals surface area contributed by atoms with E-state index in [4.69, 9.17) is 4.98 Å². The van der Waals surface area contributed by atoms with Gasteiger partial charge in [0.2, 0.25) is 5.91 Å². The van der Waals surface area contributed by atoms with Gasteiger partial charge in [-0.25, -0.2) is 4.98 Å². The maximum Gasteiger partial charge on any atom is 0.242 e. The minimum atomic E-state index is -0.291. The Hall–Kier alpha value is -2.63. The van der Waals surface area contributed by atoms with Gasteiger partial charge in [0, 0.05) is 31.3 Å². The number of hydrogen-bond acceptors (Lipinski definition) is 3. The molecule has 0 unspecified atom stereocenters. The van der Waals surface area contributed by atoms with Gasteiger partial charge in [0.25, 0.3) is 0 Å². The van der Waals surface area contributed by atoms with Crippen molar-refractivity contribution in [2.75, 3.05) is 6.54 Å². The standard InChI is InChI=1S/C18H23N5O/c1-3-6-17-21-15-7-4-5-8-16(15)23(17)13(2)18(24)19-11-9-14-10-12-20-22-14/h4-5,7-8,10,12-13H,3,6,9,11H2,1-2H3,(H,19,24)(H,20,22)/t13-/m0/s1. The van der Waals surface area contributed by atoms with Crippen LogP contribution in [0.25, 0.3) is 11.0 Å². The zero-order valence-electron chi connectivity index (χ0n) is 14.1. The fourth-order valence-electron chi connectivity index (χ4n) is 2.94. The predicted octanol–water partition coefficient (Wildman–Crippen LogP) is 2.63. The second kappa shape index (κ2) is 7.29. The molecule has 0 saturated carbocycles. The van der Waals surface area contributed by atoms with Gasteiger partial charge in [-0.3, -0.25) is 9.89 Å². The maximum atomic E-state index is 12.6. The molecule has 0 aliphatic rings. The van der Waals surface area contributed by atoms with E-state index < -0.39 is 0 Å². The van der Waals surface area contributed by atoms with E-state index in [9.17, 15) is 4.79 Å². The summed E-state index contributed by atoms with van der Waals surface area (Å²) in [5.41, 5.74) is 2.97. The molecule has 0 aliphatic carbocycles. The van der Waals surface area contributed by atoms with E-state index in [0.29, 0.717) is 6.54 Å². The lowest BCUT2D eigenvalue weighted by Crippen LogP contribution is -2.33. The molecule has 24 heavy (non-hydrogen) atoms. The Morgan fingerprint density at radius 1 is 1.29 bits per heavy atom. The zero-order chi connectivity index (χ0) is 16.9. The fraction of sp³-hybridized carbons (Fsp3) is 0.389. The Balaban J connectivity index is 1.75. The van der Waals surface area contributed by atoms with Crippen LogP contribution in [0, 0.1) is 0 Å². The van der Waals surface area contributed by atoms with E-state index in [-0.39, 0.29) is 11.9 Å². The topological polar surface area (TPSA) is 75.6 Å². The summed E-state index contributed by atoms with van der Waals surface area (Å²) in [6, 6.07) is 9.60. The largest absolute Gasteiger partial charge is 0.354 e. The predicted molar refractivity (Wildman–Crippen MR) is 93.7 cm³/mol. The molecular formula is C18H23N5O. The Bertz CT molecular complexity index is 806. The van der Waals surface area contributed by atoms with Crippen molar-refractivity contribution in [3.05, 3.63) is 48.0 Å². The third-order valence-corrected chi connectivity index (χ3v) is 4.16. The summed E-state index contributed by atoms with van der Waals surface area (Å²) in [6.07, 6.45) is 4.32. The molecule has 1 aromatic carbocycles. The number of fused-ring (bicyclic) bond motifs is 1. The van der Waals surface area contributed by atoms with Crippen LogP contribution in [-0.2, 0) is 17.6 Å². The van der Waals surface area contributed by atoms with Gasteiger partial charge in [-0.05, 0) is 31.5 Å². The van der Waals surface area contributed by atoms with Crippen molar-refractivity contribution in [3.8, 4) is 0 Å². The Morgan fingerprint density at radius 2 is 2.12 bits per heavy atom. The lowest BCUT2D eigenvalue weighted by molar-refractivity contribution is -0.123. The van der Waals surface area contributed by atoms with Crippen LogP contribution in [0.1, 0.15) is 37.8 Å². The lowest BCUT2D eigenvalue weighted by atomic mass is 10.2. The van der Waals surface area contributed by atoms with Gasteiger partial charge < -0.3 is 9.88 Å². The van der Waals surface area contributed by atoms with Gasteiger partial charge >= 0.3 is 0 Å². The van der Waals surface area contributed by atoms with Crippen molar-refractivity contribution < 1.29 is 4.79 Å². The molecule has 0 bridgehead atoms. The molecule has 6 heteroatoms. The van der Waals surface area contributed by atoms with E-state index in [1.165, 1.54) is 0 Å². The second-order valence-corrected chi connectivity index (χ2v) is 5.94. The number of benzene rings is 1. The number of amides is 1. The quantitative estimate of drug-likeness (QED) is 0.701. The third kappa shape index (κ3) is 3.32. The van der Waals surface area contributed by atoms with Gasteiger partial charge in [0.15, 0.2) is 0 Å². The number of nitrogens with zero attached hydrogens (tertiary/aromatic N) is 3. The second-order valence-electron chi connectivity index (χ2n) is 5.94. The molecule has 0 aliphatic heterocycles. The molecule has 1 atom stereocenters. The van der Waals surface area contributed by atoms with Crippen LogP contribution >= 0.6 is 0 Å². The number of para-hydroxylation sites is 2. The normalized spacial score (nSPS) is 12.4. The number of carbonyl (C=O) groups excluding carboxylic acids is 1. The van der Waals surface area contributed by atoms with Gasteiger partial charge in [0.05, 0.1) is 11.0 Å². The molecule has 1 amide bonds. The maximum absolute atomic E-state index is 12.6. The summed E-state index contributed by atoms with van der Waals surface area (Å²) in [7, 11) is 0. The Kier molecular flexibility index (Phi) is 4.93. The first-order valence-corrected chi connectivity index (χ1v) is 8.42. The van der Waals surface area contributed by atoms with Gasteiger partial charge in [-0.2, -0.15) is 5.10 Å². The first kappa shape index (κ1) is 16.2. The number of aromatic amines is 1. The Labute approximate surface area is 141 Å². The van der Waals surface area contributed by atoms with Crippen LogP contribution < -0.4 is 5.32 Å². The van der Waals surface area contributed by atoms with Crippen LogP contribution in [0.5, 0.6) is 0 Å². The number of aryl methyl sites for hydroxylation is 1. The number of rotatable bonds is 7. The highest BCUT2D eigenvalue weighted by atomic mass is 16.2. The number of aromatic nitrogens is 4. The van der Waals surface area contributed by atoms with Crippen molar-refractivity contribution in [3.63, 3.8) is 0 Å². The highest BCUT2D eigenvalue weighted by molar-refractivity contribution is 5.84. The molecule has 2 heterocycles. The average Bonchev–Trinajstić information content (AvgIpc) is 3.21. The van der Waals surface area contributed by atoms with Crippen LogP contribution in [0.4, 0.5) is 0 Å². The molecule has 3 rings (SSSR count). The third-order valence-electron chi connectivity index (χ3n) is 4.16. The van der Waals surface area contributed by atoms with Crippen molar-refractivity contribution >= 4 is 16.9 Å². The molecular weight excluding hydrogens is 302 g/mol. The Morgan fingerprint density at radius 3 is 2.88 bits per heavy atom. The highest BCUT2D eigenvalue weighted by Gasteiger charge is 2.20. The number of nitrogens with one attached hydrogen (secondary N) is 2. The average molecular weight is 325 g/mol. The SMILES string of the molecule is CCCc1nc2ccccc2n1[C@@H](C)C(=O)NCCc1ccn[nH]1. The van der Waals surface area contributed by atoms with E-state index in [0.717, 1.165) is 41.8 Å². The number of hydrogen-bond donors (Lipinski definition) is 2. The smallest absolute Gasteiger partial charge is 0.242 e. The molecule has 126 valence electrons.